The second-order valence-electron chi connectivity index (χ2n) is 9.03. The Kier molecular flexibility index (Phi) is 9.74. The summed E-state index contributed by atoms with van der Waals surface area (Å²) in [5, 5.41) is 0. The van der Waals surface area contributed by atoms with Crippen LogP contribution in [-0.4, -0.2) is 11.6 Å². The topological polar surface area (TPSA) is 31.4 Å². The van der Waals surface area contributed by atoms with E-state index in [9.17, 15) is 39.5 Å². The minimum absolute atomic E-state index is 0.209. The van der Waals surface area contributed by atoms with Gasteiger partial charge in [0, 0.05) is 23.3 Å². The van der Waals surface area contributed by atoms with Crippen molar-refractivity contribution >= 4 is 0 Å². The third-order valence-electron chi connectivity index (χ3n) is 5.75. The fraction of sp³-hybridized carbons (Fsp3) is 0.156. The molecule has 0 radical (unpaired) electrons. The van der Waals surface area contributed by atoms with Crippen LogP contribution in [-0.2, 0) is 6.11 Å². The van der Waals surface area contributed by atoms with Gasteiger partial charge in [-0.25, -0.2) is 35.7 Å². The second-order valence-corrected chi connectivity index (χ2v) is 9.03. The molecule has 3 aromatic carbocycles. The molecular formula is C32H18F9NO2. The average Bonchev–Trinajstić information content (AvgIpc) is 2.94. The molecule has 44 heavy (non-hydrogen) atoms. The van der Waals surface area contributed by atoms with E-state index in [4.69, 9.17) is 4.74 Å². The summed E-state index contributed by atoms with van der Waals surface area (Å²) < 4.78 is 137. The van der Waals surface area contributed by atoms with Crippen molar-refractivity contribution < 1.29 is 49.0 Å². The van der Waals surface area contributed by atoms with E-state index in [1.54, 1.807) is 6.07 Å². The number of alkyl halides is 2. The molecule has 0 amide bonds. The van der Waals surface area contributed by atoms with Gasteiger partial charge in [0.25, 0.3) is 0 Å². The maximum absolute atomic E-state index is 14.8. The van der Waals surface area contributed by atoms with Crippen LogP contribution in [0.3, 0.4) is 0 Å². The van der Waals surface area contributed by atoms with E-state index in [0.29, 0.717) is 36.6 Å². The minimum atomic E-state index is -4.75. The monoisotopic (exact) mass is 619 g/mol. The fourth-order valence-electron chi connectivity index (χ4n) is 3.62. The SMILES string of the molecule is CCCCOc1ccc(C#Cc2cc(F)c(C(F)(F)Oc3cc(F)c(C#Cc4cc(F)c(F)c(F)c4)c(F)c3)c(F)c2)nc1. The first-order chi connectivity index (χ1) is 20.9. The van der Waals surface area contributed by atoms with E-state index in [-0.39, 0.29) is 23.4 Å². The van der Waals surface area contributed by atoms with E-state index < -0.39 is 69.3 Å². The Labute approximate surface area is 245 Å². The zero-order valence-electron chi connectivity index (χ0n) is 22.5. The summed E-state index contributed by atoms with van der Waals surface area (Å²) in [7, 11) is 0. The van der Waals surface area contributed by atoms with E-state index in [2.05, 4.69) is 21.6 Å². The Balaban J connectivity index is 1.52. The van der Waals surface area contributed by atoms with E-state index in [1.807, 2.05) is 18.8 Å². The number of rotatable bonds is 7. The number of unbranched alkanes of at least 4 members (excludes halogenated alkanes) is 1. The van der Waals surface area contributed by atoms with Gasteiger partial charge < -0.3 is 9.47 Å². The predicted octanol–water partition coefficient (Wildman–Crippen LogP) is 8.16. The van der Waals surface area contributed by atoms with Crippen molar-refractivity contribution in [3.8, 4) is 35.2 Å². The minimum Gasteiger partial charge on any atom is -0.492 e. The molecule has 1 heterocycles. The molecule has 0 unspecified atom stereocenters. The summed E-state index contributed by atoms with van der Waals surface area (Å²) in [6.07, 6.45) is -1.55. The van der Waals surface area contributed by atoms with Gasteiger partial charge in [0.2, 0.25) is 0 Å². The number of hydrogen-bond donors (Lipinski definition) is 0. The Bertz CT molecular complexity index is 1750. The lowest BCUT2D eigenvalue weighted by Gasteiger charge is -2.20. The van der Waals surface area contributed by atoms with E-state index in [0.717, 1.165) is 12.8 Å². The summed E-state index contributed by atoms with van der Waals surface area (Å²) in [4.78, 5) is 4.04. The number of pyridine rings is 1. The van der Waals surface area contributed by atoms with Crippen molar-refractivity contribution in [2.75, 3.05) is 6.61 Å². The highest BCUT2D eigenvalue weighted by atomic mass is 19.3. The van der Waals surface area contributed by atoms with Crippen molar-refractivity contribution in [2.45, 2.75) is 25.9 Å². The lowest BCUT2D eigenvalue weighted by molar-refractivity contribution is -0.189. The van der Waals surface area contributed by atoms with Crippen LogP contribution >= 0.6 is 0 Å². The van der Waals surface area contributed by atoms with Crippen LogP contribution in [0.15, 0.2) is 54.7 Å². The lowest BCUT2D eigenvalue weighted by atomic mass is 10.1. The first-order valence-corrected chi connectivity index (χ1v) is 12.7. The molecule has 0 fully saturated rings. The number of ether oxygens (including phenoxy) is 2. The fourth-order valence-corrected chi connectivity index (χ4v) is 3.62. The highest BCUT2D eigenvalue weighted by Gasteiger charge is 2.41. The molecule has 226 valence electrons. The molecule has 4 aromatic rings. The number of hydrogen-bond acceptors (Lipinski definition) is 3. The van der Waals surface area contributed by atoms with E-state index in [1.165, 1.54) is 12.3 Å². The molecular weight excluding hydrogens is 601 g/mol. The summed E-state index contributed by atoms with van der Waals surface area (Å²) in [6, 6.07) is 5.58. The first kappa shape index (κ1) is 31.8. The lowest BCUT2D eigenvalue weighted by Crippen LogP contribution is -2.25. The second kappa shape index (κ2) is 13.5. The van der Waals surface area contributed by atoms with Crippen LogP contribution in [0.25, 0.3) is 0 Å². The largest absolute Gasteiger partial charge is 0.492 e. The molecule has 0 bridgehead atoms. The number of nitrogens with zero attached hydrogens (tertiary/aromatic N) is 1. The number of aromatic nitrogens is 1. The van der Waals surface area contributed by atoms with Crippen molar-refractivity contribution in [1.82, 2.24) is 4.98 Å². The van der Waals surface area contributed by atoms with Gasteiger partial charge in [0.15, 0.2) is 17.5 Å². The predicted molar refractivity (Wildman–Crippen MR) is 140 cm³/mol. The van der Waals surface area contributed by atoms with Gasteiger partial charge in [-0.05, 0) is 48.7 Å². The standard InChI is InChI=1S/C32H18F9NO2/c1-2-3-10-43-21-8-7-20(42-17-21)6-4-18-11-26(35)30(27(36)12-18)32(40,41)44-22-15-24(33)23(25(34)16-22)9-5-19-13-28(37)31(39)29(38)14-19/h7-8,11-17H,2-3,10H2,1H3. The third kappa shape index (κ3) is 7.64. The molecule has 3 nitrogen and oxygen atoms in total. The first-order valence-electron chi connectivity index (χ1n) is 12.7. The molecule has 1 aromatic heterocycles. The Morgan fingerprint density at radius 3 is 1.80 bits per heavy atom. The summed E-state index contributed by atoms with van der Waals surface area (Å²) >= 11 is 0. The summed E-state index contributed by atoms with van der Waals surface area (Å²) in [5.74, 6) is -3.39. The van der Waals surface area contributed by atoms with Crippen molar-refractivity contribution in [1.29, 1.82) is 0 Å². The maximum Gasteiger partial charge on any atom is 0.432 e. The number of halogens is 9. The van der Waals surface area contributed by atoms with Gasteiger partial charge in [-0.15, -0.1) is 0 Å². The van der Waals surface area contributed by atoms with Gasteiger partial charge in [-0.1, -0.05) is 31.1 Å². The molecule has 0 saturated heterocycles. The Morgan fingerprint density at radius 1 is 0.682 bits per heavy atom. The highest BCUT2D eigenvalue weighted by molar-refractivity contribution is 5.47. The van der Waals surface area contributed by atoms with Crippen LogP contribution in [0.4, 0.5) is 39.5 Å². The molecule has 0 saturated carbocycles. The average molecular weight is 619 g/mol. The van der Waals surface area contributed by atoms with Crippen LogP contribution in [0, 0.1) is 64.4 Å². The highest BCUT2D eigenvalue weighted by Crippen LogP contribution is 2.36. The zero-order valence-corrected chi connectivity index (χ0v) is 22.5. The molecule has 4 rings (SSSR count). The molecule has 0 aliphatic carbocycles. The molecule has 0 atom stereocenters. The van der Waals surface area contributed by atoms with Gasteiger partial charge in [0.05, 0.1) is 18.4 Å². The molecule has 0 N–H and O–H groups in total. The van der Waals surface area contributed by atoms with Gasteiger partial charge in [-0.3, -0.25) is 0 Å². The summed E-state index contributed by atoms with van der Waals surface area (Å²) in [6.45, 7) is 2.50. The van der Waals surface area contributed by atoms with Crippen LogP contribution in [0.5, 0.6) is 11.5 Å². The van der Waals surface area contributed by atoms with Crippen LogP contribution in [0.1, 0.15) is 47.7 Å². The van der Waals surface area contributed by atoms with Gasteiger partial charge in [-0.2, -0.15) is 8.78 Å². The maximum atomic E-state index is 14.8. The quantitative estimate of drug-likeness (QED) is 0.0906. The number of benzene rings is 3. The zero-order chi connectivity index (χ0) is 32.0. The van der Waals surface area contributed by atoms with Crippen LogP contribution < -0.4 is 9.47 Å². The van der Waals surface area contributed by atoms with Crippen LogP contribution in [0.2, 0.25) is 0 Å². The summed E-state index contributed by atoms with van der Waals surface area (Å²) in [5.41, 5.74) is -3.45. The molecule has 0 aliphatic heterocycles. The normalized spacial score (nSPS) is 10.9. The molecule has 12 heteroatoms. The Morgan fingerprint density at radius 2 is 1.25 bits per heavy atom. The van der Waals surface area contributed by atoms with Crippen molar-refractivity contribution in [2.24, 2.45) is 0 Å². The third-order valence-corrected chi connectivity index (χ3v) is 5.75. The van der Waals surface area contributed by atoms with Gasteiger partial charge >= 0.3 is 6.11 Å². The van der Waals surface area contributed by atoms with Crippen molar-refractivity contribution in [3.63, 3.8) is 0 Å². The van der Waals surface area contributed by atoms with E-state index >= 15 is 0 Å². The Hall–Kier alpha value is -5.10. The van der Waals surface area contributed by atoms with Gasteiger partial charge in [0.1, 0.15) is 46.0 Å². The molecule has 0 spiro atoms. The molecule has 0 aliphatic rings. The van der Waals surface area contributed by atoms with Crippen molar-refractivity contribution in [3.05, 3.63) is 123 Å². The smallest absolute Gasteiger partial charge is 0.432 e.